The zero-order valence-electron chi connectivity index (χ0n) is 13.7. The van der Waals surface area contributed by atoms with Crippen LogP contribution in [-0.4, -0.2) is 31.1 Å². The Bertz CT molecular complexity index is 408. The molecular weight excluding hydrogens is 260 g/mol. The van der Waals surface area contributed by atoms with E-state index >= 15 is 0 Å². The summed E-state index contributed by atoms with van der Waals surface area (Å²) in [5.41, 5.74) is 7.36. The maximum atomic E-state index is 6.05. The number of piperidine rings is 1. The predicted molar refractivity (Wildman–Crippen MR) is 88.5 cm³/mol. The summed E-state index contributed by atoms with van der Waals surface area (Å²) in [7, 11) is 0. The lowest BCUT2D eigenvalue weighted by Gasteiger charge is -2.38. The van der Waals surface area contributed by atoms with Gasteiger partial charge in [0.25, 0.3) is 0 Å². The molecule has 1 unspecified atom stereocenters. The van der Waals surface area contributed by atoms with Gasteiger partial charge in [0.1, 0.15) is 5.75 Å². The van der Waals surface area contributed by atoms with Gasteiger partial charge in [0.2, 0.25) is 0 Å². The zero-order chi connectivity index (χ0) is 15.2. The van der Waals surface area contributed by atoms with Crippen molar-refractivity contribution in [3.63, 3.8) is 0 Å². The second kappa shape index (κ2) is 7.81. The van der Waals surface area contributed by atoms with Crippen molar-refractivity contribution >= 4 is 0 Å². The van der Waals surface area contributed by atoms with Crippen LogP contribution in [0.5, 0.6) is 5.75 Å². The zero-order valence-corrected chi connectivity index (χ0v) is 13.7. The molecule has 0 saturated carbocycles. The maximum Gasteiger partial charge on any atom is 0.119 e. The van der Waals surface area contributed by atoms with Gasteiger partial charge in [-0.25, -0.2) is 0 Å². The molecule has 0 radical (unpaired) electrons. The Morgan fingerprint density at radius 3 is 2.29 bits per heavy atom. The summed E-state index contributed by atoms with van der Waals surface area (Å²) in [6.07, 6.45) is 2.59. The van der Waals surface area contributed by atoms with Crippen molar-refractivity contribution in [3.8, 4) is 5.75 Å². The lowest BCUT2D eigenvalue weighted by molar-refractivity contribution is 0.117. The number of likely N-dealkylation sites (tertiary alicyclic amines) is 1. The van der Waals surface area contributed by atoms with Gasteiger partial charge in [-0.1, -0.05) is 26.0 Å². The van der Waals surface area contributed by atoms with Gasteiger partial charge in [-0.05, 0) is 62.4 Å². The number of ether oxygens (including phenoxy) is 1. The van der Waals surface area contributed by atoms with Crippen LogP contribution < -0.4 is 10.5 Å². The Morgan fingerprint density at radius 1 is 1.19 bits per heavy atom. The van der Waals surface area contributed by atoms with E-state index in [2.05, 4.69) is 43.0 Å². The van der Waals surface area contributed by atoms with Crippen molar-refractivity contribution in [3.05, 3.63) is 29.8 Å². The number of hydrogen-bond donors (Lipinski definition) is 1. The molecule has 21 heavy (non-hydrogen) atoms. The standard InChI is InChI=1S/C18H30N2O/c1-4-21-17-7-5-16(6-8-17)18(13-19)20-11-9-15(10-12-20)14(2)3/h5-8,14-15,18H,4,9-13,19H2,1-3H3. The summed E-state index contributed by atoms with van der Waals surface area (Å²) in [5.74, 6) is 2.62. The second-order valence-corrected chi connectivity index (χ2v) is 6.37. The highest BCUT2D eigenvalue weighted by Gasteiger charge is 2.26. The van der Waals surface area contributed by atoms with Gasteiger partial charge in [0.05, 0.1) is 6.61 Å². The number of nitrogens with two attached hydrogens (primary N) is 1. The first-order valence-corrected chi connectivity index (χ1v) is 8.32. The van der Waals surface area contributed by atoms with Crippen LogP contribution in [-0.2, 0) is 0 Å². The highest BCUT2D eigenvalue weighted by Crippen LogP contribution is 2.30. The topological polar surface area (TPSA) is 38.5 Å². The lowest BCUT2D eigenvalue weighted by atomic mass is 9.86. The maximum absolute atomic E-state index is 6.05. The minimum atomic E-state index is 0.341. The van der Waals surface area contributed by atoms with Crippen LogP contribution >= 0.6 is 0 Å². The number of rotatable bonds is 6. The molecule has 1 aliphatic heterocycles. The number of hydrogen-bond acceptors (Lipinski definition) is 3. The summed E-state index contributed by atoms with van der Waals surface area (Å²) in [4.78, 5) is 2.55. The van der Waals surface area contributed by atoms with E-state index in [9.17, 15) is 0 Å². The molecule has 0 amide bonds. The van der Waals surface area contributed by atoms with Gasteiger partial charge in [-0.2, -0.15) is 0 Å². The third-order valence-corrected chi connectivity index (χ3v) is 4.76. The smallest absolute Gasteiger partial charge is 0.119 e. The minimum Gasteiger partial charge on any atom is -0.494 e. The highest BCUT2D eigenvalue weighted by molar-refractivity contribution is 5.29. The lowest BCUT2D eigenvalue weighted by Crippen LogP contribution is -2.40. The number of benzene rings is 1. The molecule has 3 heteroatoms. The van der Waals surface area contributed by atoms with E-state index in [0.29, 0.717) is 19.2 Å². The summed E-state index contributed by atoms with van der Waals surface area (Å²) >= 11 is 0. The molecule has 1 aliphatic rings. The van der Waals surface area contributed by atoms with E-state index < -0.39 is 0 Å². The fourth-order valence-electron chi connectivity index (χ4n) is 3.35. The molecule has 3 nitrogen and oxygen atoms in total. The summed E-state index contributed by atoms with van der Waals surface area (Å²) in [5, 5.41) is 0. The van der Waals surface area contributed by atoms with Crippen LogP contribution in [0.3, 0.4) is 0 Å². The van der Waals surface area contributed by atoms with Crippen LogP contribution in [0, 0.1) is 11.8 Å². The van der Waals surface area contributed by atoms with Gasteiger partial charge in [0.15, 0.2) is 0 Å². The normalized spacial score (nSPS) is 18.9. The molecule has 1 saturated heterocycles. The third kappa shape index (κ3) is 4.21. The summed E-state index contributed by atoms with van der Waals surface area (Å²) in [6, 6.07) is 8.78. The van der Waals surface area contributed by atoms with Gasteiger partial charge < -0.3 is 10.5 Å². The molecule has 1 aromatic carbocycles. The van der Waals surface area contributed by atoms with Crippen LogP contribution in [0.1, 0.15) is 45.2 Å². The molecule has 1 heterocycles. The Labute approximate surface area is 129 Å². The van der Waals surface area contributed by atoms with Crippen LogP contribution in [0.2, 0.25) is 0 Å². The first-order chi connectivity index (χ1) is 10.2. The van der Waals surface area contributed by atoms with E-state index in [1.807, 2.05) is 6.92 Å². The van der Waals surface area contributed by atoms with Crippen molar-refractivity contribution < 1.29 is 4.74 Å². The quantitative estimate of drug-likeness (QED) is 0.872. The van der Waals surface area contributed by atoms with E-state index in [0.717, 1.165) is 30.7 Å². The van der Waals surface area contributed by atoms with E-state index in [1.54, 1.807) is 0 Å². The van der Waals surface area contributed by atoms with Crippen LogP contribution in [0.25, 0.3) is 0 Å². The molecule has 0 spiro atoms. The van der Waals surface area contributed by atoms with Gasteiger partial charge in [0, 0.05) is 12.6 Å². The first kappa shape index (κ1) is 16.3. The molecular formula is C18H30N2O. The minimum absolute atomic E-state index is 0.341. The Morgan fingerprint density at radius 2 is 1.81 bits per heavy atom. The van der Waals surface area contributed by atoms with E-state index in [-0.39, 0.29) is 0 Å². The predicted octanol–water partition coefficient (Wildman–Crippen LogP) is 3.45. The van der Waals surface area contributed by atoms with Gasteiger partial charge in [-0.3, -0.25) is 4.90 Å². The average Bonchev–Trinajstić information content (AvgIpc) is 2.50. The fourth-order valence-corrected chi connectivity index (χ4v) is 3.35. The van der Waals surface area contributed by atoms with Crippen molar-refractivity contribution in [2.24, 2.45) is 17.6 Å². The molecule has 0 aliphatic carbocycles. The molecule has 118 valence electrons. The molecule has 1 fully saturated rings. The van der Waals surface area contributed by atoms with Crippen molar-refractivity contribution in [2.45, 2.75) is 39.7 Å². The largest absolute Gasteiger partial charge is 0.494 e. The fraction of sp³-hybridized carbons (Fsp3) is 0.667. The van der Waals surface area contributed by atoms with Crippen LogP contribution in [0.15, 0.2) is 24.3 Å². The summed E-state index contributed by atoms with van der Waals surface area (Å²) < 4.78 is 5.52. The SMILES string of the molecule is CCOc1ccc(C(CN)N2CCC(C(C)C)CC2)cc1. The van der Waals surface area contributed by atoms with Gasteiger partial charge >= 0.3 is 0 Å². The average molecular weight is 290 g/mol. The molecule has 1 atom stereocenters. The monoisotopic (exact) mass is 290 g/mol. The molecule has 0 bridgehead atoms. The highest BCUT2D eigenvalue weighted by atomic mass is 16.5. The molecule has 0 aromatic heterocycles. The Kier molecular flexibility index (Phi) is 6.07. The Hall–Kier alpha value is -1.06. The molecule has 2 N–H and O–H groups in total. The molecule has 2 rings (SSSR count). The molecule has 1 aromatic rings. The summed E-state index contributed by atoms with van der Waals surface area (Å²) in [6.45, 7) is 10.4. The first-order valence-electron chi connectivity index (χ1n) is 8.32. The van der Waals surface area contributed by atoms with Crippen LogP contribution in [0.4, 0.5) is 0 Å². The number of nitrogens with zero attached hydrogens (tertiary/aromatic N) is 1. The van der Waals surface area contributed by atoms with Crippen molar-refractivity contribution in [1.29, 1.82) is 0 Å². The third-order valence-electron chi connectivity index (χ3n) is 4.76. The van der Waals surface area contributed by atoms with E-state index in [1.165, 1.54) is 18.4 Å². The Balaban J connectivity index is 1.99. The van der Waals surface area contributed by atoms with Crippen molar-refractivity contribution in [1.82, 2.24) is 4.90 Å². The van der Waals surface area contributed by atoms with E-state index in [4.69, 9.17) is 10.5 Å². The van der Waals surface area contributed by atoms with Gasteiger partial charge in [-0.15, -0.1) is 0 Å². The second-order valence-electron chi connectivity index (χ2n) is 6.37. The van der Waals surface area contributed by atoms with Crippen molar-refractivity contribution in [2.75, 3.05) is 26.2 Å².